The zero-order valence-electron chi connectivity index (χ0n) is 10.3. The van der Waals surface area contributed by atoms with Crippen molar-refractivity contribution in [3.05, 3.63) is 34.9 Å². The lowest BCUT2D eigenvalue weighted by atomic mass is 10.4. The second kappa shape index (κ2) is 5.00. The molecule has 3 aromatic rings. The number of aromatic nitrogens is 3. The van der Waals surface area contributed by atoms with Gasteiger partial charge in [-0.1, -0.05) is 0 Å². The number of aromatic amines is 1. The summed E-state index contributed by atoms with van der Waals surface area (Å²) >= 11 is 2.73. The number of rotatable bonds is 4. The molecular weight excluding hydrogens is 316 g/mol. The van der Waals surface area contributed by atoms with Crippen LogP contribution in [0.5, 0.6) is 0 Å². The van der Waals surface area contributed by atoms with Crippen molar-refractivity contribution in [3.8, 4) is 10.6 Å². The molecule has 20 heavy (non-hydrogen) atoms. The number of sulfonamides is 1. The molecule has 104 valence electrons. The van der Waals surface area contributed by atoms with Gasteiger partial charge in [-0.05, 0) is 19.1 Å². The predicted octanol–water partition coefficient (Wildman–Crippen LogP) is 2.70. The number of aryl methyl sites for hydroxylation is 1. The van der Waals surface area contributed by atoms with Crippen molar-refractivity contribution in [2.24, 2.45) is 0 Å². The molecule has 0 saturated heterocycles. The van der Waals surface area contributed by atoms with E-state index in [1.807, 2.05) is 12.3 Å². The van der Waals surface area contributed by atoms with Crippen LogP contribution in [0.4, 0.5) is 5.69 Å². The first-order valence-corrected chi connectivity index (χ1v) is 8.76. The van der Waals surface area contributed by atoms with Gasteiger partial charge in [-0.25, -0.2) is 13.4 Å². The molecule has 0 saturated carbocycles. The Morgan fingerprint density at radius 2 is 2.20 bits per heavy atom. The minimum atomic E-state index is -3.58. The molecule has 0 spiro atoms. The summed E-state index contributed by atoms with van der Waals surface area (Å²) in [5.74, 6) is 0. The highest BCUT2D eigenvalue weighted by atomic mass is 32.2. The molecule has 0 aromatic carbocycles. The van der Waals surface area contributed by atoms with Crippen molar-refractivity contribution in [3.63, 3.8) is 0 Å². The number of hydrogen-bond donors (Lipinski definition) is 2. The molecule has 0 unspecified atom stereocenters. The van der Waals surface area contributed by atoms with Gasteiger partial charge in [0.2, 0.25) is 0 Å². The zero-order chi connectivity index (χ0) is 14.2. The molecule has 6 nitrogen and oxygen atoms in total. The number of anilines is 1. The number of H-pyrrole nitrogens is 1. The van der Waals surface area contributed by atoms with Crippen LogP contribution in [0.25, 0.3) is 10.6 Å². The van der Waals surface area contributed by atoms with Crippen LogP contribution in [0.1, 0.15) is 5.01 Å². The van der Waals surface area contributed by atoms with Crippen LogP contribution in [0, 0.1) is 6.92 Å². The summed E-state index contributed by atoms with van der Waals surface area (Å²) < 4.78 is 27.1. The van der Waals surface area contributed by atoms with Gasteiger partial charge in [0.15, 0.2) is 0 Å². The molecule has 9 heteroatoms. The molecule has 0 bridgehead atoms. The number of hydrogen-bond acceptors (Lipinski definition) is 6. The Morgan fingerprint density at radius 1 is 1.35 bits per heavy atom. The molecule has 2 N–H and O–H groups in total. The average Bonchev–Trinajstić information content (AvgIpc) is 3.07. The highest BCUT2D eigenvalue weighted by Gasteiger charge is 2.18. The number of nitrogens with one attached hydrogen (secondary N) is 2. The topological polar surface area (TPSA) is 87.7 Å². The molecule has 3 rings (SSSR count). The lowest BCUT2D eigenvalue weighted by Crippen LogP contribution is -2.10. The van der Waals surface area contributed by atoms with Crippen molar-refractivity contribution in [1.82, 2.24) is 15.2 Å². The van der Waals surface area contributed by atoms with E-state index in [1.165, 1.54) is 35.1 Å². The lowest BCUT2D eigenvalue weighted by molar-refractivity contribution is 0.603. The van der Waals surface area contributed by atoms with Crippen LogP contribution in [0.2, 0.25) is 0 Å². The maximum Gasteiger partial charge on any atom is 0.271 e. The van der Waals surface area contributed by atoms with Crippen LogP contribution in [-0.4, -0.2) is 23.6 Å². The van der Waals surface area contributed by atoms with Crippen molar-refractivity contribution < 1.29 is 8.42 Å². The third kappa shape index (κ3) is 2.60. The molecule has 0 radical (unpaired) electrons. The smallest absolute Gasteiger partial charge is 0.271 e. The summed E-state index contributed by atoms with van der Waals surface area (Å²) in [4.78, 5) is 5.19. The van der Waals surface area contributed by atoms with Gasteiger partial charge in [-0.2, -0.15) is 5.10 Å². The predicted molar refractivity (Wildman–Crippen MR) is 79.6 cm³/mol. The molecule has 3 heterocycles. The molecule has 0 atom stereocenters. The summed E-state index contributed by atoms with van der Waals surface area (Å²) in [5, 5.41) is 9.12. The Morgan fingerprint density at radius 3 is 2.85 bits per heavy atom. The van der Waals surface area contributed by atoms with E-state index in [9.17, 15) is 8.42 Å². The summed E-state index contributed by atoms with van der Waals surface area (Å²) in [6.07, 6.45) is 2.89. The van der Waals surface area contributed by atoms with E-state index in [1.54, 1.807) is 12.1 Å². The van der Waals surface area contributed by atoms with Gasteiger partial charge in [-0.3, -0.25) is 9.82 Å². The van der Waals surface area contributed by atoms with Gasteiger partial charge in [0, 0.05) is 11.6 Å². The second-order valence-corrected chi connectivity index (χ2v) is 8.02. The van der Waals surface area contributed by atoms with Gasteiger partial charge in [0.1, 0.15) is 4.21 Å². The minimum absolute atomic E-state index is 0.249. The van der Waals surface area contributed by atoms with E-state index < -0.39 is 10.0 Å². The lowest BCUT2D eigenvalue weighted by Gasteiger charge is -2.02. The van der Waals surface area contributed by atoms with E-state index in [0.717, 1.165) is 15.6 Å². The maximum absolute atomic E-state index is 12.2. The fraction of sp³-hybridized carbons (Fsp3) is 0.0909. The van der Waals surface area contributed by atoms with Crippen molar-refractivity contribution >= 4 is 38.4 Å². The SMILES string of the molecule is Cc1nc(-c2ccc(S(=O)(=O)Nc3cn[nH]c3)s2)cs1. The number of nitrogens with zero attached hydrogens (tertiary/aromatic N) is 2. The molecule has 0 aliphatic heterocycles. The van der Waals surface area contributed by atoms with Crippen LogP contribution < -0.4 is 4.72 Å². The highest BCUT2D eigenvalue weighted by Crippen LogP contribution is 2.32. The third-order valence-electron chi connectivity index (χ3n) is 2.47. The van der Waals surface area contributed by atoms with E-state index in [-0.39, 0.29) is 4.21 Å². The number of thiophene rings is 1. The first-order chi connectivity index (χ1) is 9.54. The normalized spacial score (nSPS) is 11.7. The zero-order valence-corrected chi connectivity index (χ0v) is 12.8. The Hall–Kier alpha value is -1.71. The van der Waals surface area contributed by atoms with Crippen LogP contribution in [0.15, 0.2) is 34.1 Å². The first kappa shape index (κ1) is 13.3. The molecule has 0 aliphatic carbocycles. The fourth-order valence-corrected chi connectivity index (χ4v) is 4.58. The standard InChI is InChI=1S/C11H10N4O2S3/c1-7-14-9(6-18-7)10-2-3-11(19-10)20(16,17)15-8-4-12-13-5-8/h2-6,15H,1H3,(H,12,13). The average molecular weight is 326 g/mol. The van der Waals surface area contributed by atoms with E-state index in [0.29, 0.717) is 5.69 Å². The van der Waals surface area contributed by atoms with E-state index in [2.05, 4.69) is 19.9 Å². The maximum atomic E-state index is 12.2. The van der Waals surface area contributed by atoms with Crippen molar-refractivity contribution in [2.45, 2.75) is 11.1 Å². The van der Waals surface area contributed by atoms with Gasteiger partial charge in [0.05, 0.1) is 27.5 Å². The van der Waals surface area contributed by atoms with Gasteiger partial charge >= 0.3 is 0 Å². The largest absolute Gasteiger partial charge is 0.284 e. The molecule has 3 aromatic heterocycles. The third-order valence-corrected chi connectivity index (χ3v) is 6.22. The molecule has 0 fully saturated rings. The second-order valence-electron chi connectivity index (χ2n) is 3.96. The number of thiazole rings is 1. The van der Waals surface area contributed by atoms with Crippen molar-refractivity contribution in [1.29, 1.82) is 0 Å². The van der Waals surface area contributed by atoms with E-state index in [4.69, 9.17) is 0 Å². The Kier molecular flexibility index (Phi) is 3.32. The van der Waals surface area contributed by atoms with Crippen LogP contribution in [0.3, 0.4) is 0 Å². The quantitative estimate of drug-likeness (QED) is 0.771. The van der Waals surface area contributed by atoms with Crippen LogP contribution in [-0.2, 0) is 10.0 Å². The van der Waals surface area contributed by atoms with Gasteiger partial charge < -0.3 is 0 Å². The van der Waals surface area contributed by atoms with Gasteiger partial charge in [0.25, 0.3) is 10.0 Å². The summed E-state index contributed by atoms with van der Waals surface area (Å²) in [5.41, 5.74) is 1.21. The van der Waals surface area contributed by atoms with Gasteiger partial charge in [-0.15, -0.1) is 22.7 Å². The minimum Gasteiger partial charge on any atom is -0.284 e. The van der Waals surface area contributed by atoms with Crippen molar-refractivity contribution in [2.75, 3.05) is 4.72 Å². The Labute approximate surface area is 123 Å². The first-order valence-electron chi connectivity index (χ1n) is 5.58. The summed E-state index contributed by atoms with van der Waals surface area (Å²) in [6, 6.07) is 3.35. The van der Waals surface area contributed by atoms with Crippen LogP contribution >= 0.6 is 22.7 Å². The molecule has 0 amide bonds. The highest BCUT2D eigenvalue weighted by molar-refractivity contribution is 7.94. The Bertz CT molecular complexity index is 818. The molecular formula is C11H10N4O2S3. The fourth-order valence-electron chi connectivity index (χ4n) is 1.59. The van der Waals surface area contributed by atoms with E-state index >= 15 is 0 Å². The Balaban J connectivity index is 1.89. The molecule has 0 aliphatic rings. The summed E-state index contributed by atoms with van der Waals surface area (Å²) in [7, 11) is -3.58. The summed E-state index contributed by atoms with van der Waals surface area (Å²) in [6.45, 7) is 1.92. The monoisotopic (exact) mass is 326 g/mol.